The number of esters is 1. The fourth-order valence-electron chi connectivity index (χ4n) is 4.27. The zero-order valence-electron chi connectivity index (χ0n) is 23.0. The number of aromatic nitrogens is 2. The molecule has 17 heteroatoms. The molecule has 0 bridgehead atoms. The van der Waals surface area contributed by atoms with Crippen LogP contribution in [0.2, 0.25) is 0 Å². The smallest absolute Gasteiger partial charge is 0.459 e. The van der Waals surface area contributed by atoms with Gasteiger partial charge in [0, 0.05) is 0 Å². The summed E-state index contributed by atoms with van der Waals surface area (Å²) in [6, 6.07) is 10.1. The van der Waals surface area contributed by atoms with Crippen LogP contribution in [0, 0.1) is 5.82 Å². The van der Waals surface area contributed by atoms with E-state index in [0.717, 1.165) is 5.39 Å². The molecular formula is C26H29F4N4O8P. The van der Waals surface area contributed by atoms with Gasteiger partial charge in [-0.15, -0.1) is 0 Å². The molecule has 1 aliphatic rings. The molecule has 1 aliphatic heterocycles. The van der Waals surface area contributed by atoms with Gasteiger partial charge in [0.25, 0.3) is 6.43 Å². The number of carbonyl (C=O) groups is 1. The summed E-state index contributed by atoms with van der Waals surface area (Å²) in [5.41, 5.74) is 0.559. The van der Waals surface area contributed by atoms with E-state index in [1.54, 1.807) is 44.2 Å². The maximum Gasteiger partial charge on any atom is 0.459 e. The highest BCUT2D eigenvalue weighted by Gasteiger charge is 2.63. The largest absolute Gasteiger partial charge is 0.462 e. The van der Waals surface area contributed by atoms with Gasteiger partial charge in [-0.25, -0.2) is 26.9 Å². The van der Waals surface area contributed by atoms with E-state index in [0.29, 0.717) is 11.6 Å². The average Bonchev–Trinajstić information content (AvgIpc) is 3.19. The van der Waals surface area contributed by atoms with Crippen molar-refractivity contribution in [1.82, 2.24) is 14.6 Å². The Morgan fingerprint density at radius 1 is 1.23 bits per heavy atom. The minimum atomic E-state index is -4.84. The number of rotatable bonds is 11. The van der Waals surface area contributed by atoms with Crippen LogP contribution in [0.5, 0.6) is 5.75 Å². The number of carbonyl (C=O) groups excluding carboxylic acids is 1. The molecule has 0 spiro atoms. The van der Waals surface area contributed by atoms with E-state index < -0.39 is 80.3 Å². The van der Waals surface area contributed by atoms with Crippen LogP contribution in [0.25, 0.3) is 10.8 Å². The number of benzene rings is 2. The first-order valence-electron chi connectivity index (χ1n) is 12.9. The third kappa shape index (κ3) is 6.83. The molecule has 1 saturated heterocycles. The van der Waals surface area contributed by atoms with E-state index in [2.05, 4.69) is 10.1 Å². The molecule has 43 heavy (non-hydrogen) atoms. The van der Waals surface area contributed by atoms with Crippen LogP contribution < -0.4 is 21.0 Å². The molecule has 0 aliphatic carbocycles. The number of nitrogens with zero attached hydrogens (tertiary/aromatic N) is 2. The van der Waals surface area contributed by atoms with Gasteiger partial charge in [0.05, 0.1) is 18.9 Å². The topological polar surface area (TPSA) is 164 Å². The van der Waals surface area contributed by atoms with E-state index in [-0.39, 0.29) is 10.3 Å². The highest BCUT2D eigenvalue weighted by Crippen LogP contribution is 2.50. The lowest BCUT2D eigenvalue weighted by molar-refractivity contribution is -0.183. The van der Waals surface area contributed by atoms with E-state index in [1.807, 2.05) is 0 Å². The fourth-order valence-corrected chi connectivity index (χ4v) is 5.79. The van der Waals surface area contributed by atoms with Crippen LogP contribution in [-0.4, -0.2) is 63.7 Å². The summed E-state index contributed by atoms with van der Waals surface area (Å²) in [6.07, 6.45) is -11.5. The first kappa shape index (κ1) is 32.4. The molecule has 6 atom stereocenters. The number of nitrogen functional groups attached to an aromatic ring is 1. The SMILES string of the molecule is CC(C)OC(=O)C(C)NP(=O)(OCC1(C(F)F)OC(n2cc(F)c(N)nc2=O)C(O)C1F)Oc1ccc2ccccc2c1. The Morgan fingerprint density at radius 3 is 2.56 bits per heavy atom. The predicted octanol–water partition coefficient (Wildman–Crippen LogP) is 3.48. The number of anilines is 1. The van der Waals surface area contributed by atoms with Gasteiger partial charge < -0.3 is 24.8 Å². The Kier molecular flexibility index (Phi) is 9.47. The van der Waals surface area contributed by atoms with Crippen molar-refractivity contribution in [3.05, 3.63) is 65.0 Å². The van der Waals surface area contributed by atoms with Crippen molar-refractivity contribution in [2.75, 3.05) is 12.3 Å². The molecule has 3 aromatic rings. The number of fused-ring (bicyclic) bond motifs is 1. The van der Waals surface area contributed by atoms with Gasteiger partial charge in [-0.2, -0.15) is 10.1 Å². The Morgan fingerprint density at radius 2 is 1.91 bits per heavy atom. The number of ether oxygens (including phenoxy) is 2. The number of nitrogens with one attached hydrogen (secondary N) is 1. The molecule has 0 radical (unpaired) electrons. The van der Waals surface area contributed by atoms with Gasteiger partial charge in [-0.05, 0) is 43.7 Å². The summed E-state index contributed by atoms with van der Waals surface area (Å²) in [6.45, 7) is 2.84. The lowest BCUT2D eigenvalue weighted by Gasteiger charge is -2.31. The summed E-state index contributed by atoms with van der Waals surface area (Å²) in [5.74, 6) is -3.05. The number of aliphatic hydroxyl groups excluding tert-OH is 1. The van der Waals surface area contributed by atoms with Crippen LogP contribution in [0.4, 0.5) is 23.4 Å². The summed E-state index contributed by atoms with van der Waals surface area (Å²) in [4.78, 5) is 27.8. The Labute approximate surface area is 242 Å². The van der Waals surface area contributed by atoms with Crippen molar-refractivity contribution in [3.63, 3.8) is 0 Å². The minimum Gasteiger partial charge on any atom is -0.462 e. The number of nitrogens with two attached hydrogens (primary N) is 1. The van der Waals surface area contributed by atoms with Gasteiger partial charge in [0.1, 0.15) is 17.9 Å². The van der Waals surface area contributed by atoms with Gasteiger partial charge >= 0.3 is 19.4 Å². The first-order valence-corrected chi connectivity index (χ1v) is 14.4. The molecule has 2 heterocycles. The third-order valence-electron chi connectivity index (χ3n) is 6.44. The second-order valence-corrected chi connectivity index (χ2v) is 11.7. The standard InChI is InChI=1S/C26H29F4N4O8P/c1-13(2)40-23(36)14(3)33-43(38,42-17-9-8-15-6-4-5-7-16(15)10-17)39-12-26(24(29)30)20(28)19(35)22(41-26)34-11-18(27)21(31)32-25(34)37/h4-11,13-14,19-20,22,24,35H,12H2,1-3H3,(H,33,38)(H2,31,32,37). The van der Waals surface area contributed by atoms with E-state index in [9.17, 15) is 32.4 Å². The fraction of sp³-hybridized carbons (Fsp3) is 0.423. The van der Waals surface area contributed by atoms with Crippen LogP contribution in [-0.2, 0) is 23.4 Å². The second kappa shape index (κ2) is 12.6. The summed E-state index contributed by atoms with van der Waals surface area (Å²) < 4.78 is 93.6. The number of halogens is 4. The van der Waals surface area contributed by atoms with Crippen LogP contribution in [0.1, 0.15) is 27.0 Å². The van der Waals surface area contributed by atoms with Gasteiger partial charge in [-0.3, -0.25) is 13.9 Å². The molecular weight excluding hydrogens is 603 g/mol. The molecule has 12 nitrogen and oxygen atoms in total. The lowest BCUT2D eigenvalue weighted by Crippen LogP contribution is -2.51. The Bertz CT molecular complexity index is 1590. The lowest BCUT2D eigenvalue weighted by atomic mass is 9.98. The van der Waals surface area contributed by atoms with Crippen molar-refractivity contribution in [2.45, 2.75) is 63.4 Å². The van der Waals surface area contributed by atoms with Crippen molar-refractivity contribution in [2.24, 2.45) is 0 Å². The number of hydrogen-bond acceptors (Lipinski definition) is 10. The zero-order valence-corrected chi connectivity index (χ0v) is 23.9. The first-order chi connectivity index (χ1) is 20.2. The van der Waals surface area contributed by atoms with Crippen molar-refractivity contribution in [1.29, 1.82) is 0 Å². The average molecular weight is 633 g/mol. The summed E-state index contributed by atoms with van der Waals surface area (Å²) in [7, 11) is -4.84. The normalized spacial score (nSPS) is 24.3. The predicted molar refractivity (Wildman–Crippen MR) is 145 cm³/mol. The van der Waals surface area contributed by atoms with Crippen molar-refractivity contribution in [3.8, 4) is 5.75 Å². The van der Waals surface area contributed by atoms with Crippen LogP contribution >= 0.6 is 7.75 Å². The van der Waals surface area contributed by atoms with Crippen molar-refractivity contribution >= 4 is 30.3 Å². The summed E-state index contributed by atoms with van der Waals surface area (Å²) >= 11 is 0. The molecule has 1 fully saturated rings. The maximum atomic E-state index is 15.4. The van der Waals surface area contributed by atoms with Gasteiger partial charge in [0.15, 0.2) is 29.6 Å². The summed E-state index contributed by atoms with van der Waals surface area (Å²) in [5, 5.41) is 14.2. The van der Waals surface area contributed by atoms with Gasteiger partial charge in [0.2, 0.25) is 0 Å². The van der Waals surface area contributed by atoms with Crippen LogP contribution in [0.15, 0.2) is 53.5 Å². The molecule has 2 aromatic carbocycles. The minimum absolute atomic E-state index is 0.0675. The molecule has 0 amide bonds. The molecule has 4 N–H and O–H groups in total. The van der Waals surface area contributed by atoms with Gasteiger partial charge in [-0.1, -0.05) is 30.3 Å². The second-order valence-electron chi connectivity index (χ2n) is 10.0. The van der Waals surface area contributed by atoms with E-state index in [4.69, 9.17) is 24.3 Å². The third-order valence-corrected chi connectivity index (χ3v) is 8.06. The van der Waals surface area contributed by atoms with E-state index >= 15 is 4.39 Å². The molecule has 6 unspecified atom stereocenters. The Hall–Kier alpha value is -3.56. The number of aliphatic hydroxyl groups is 1. The Balaban J connectivity index is 1.66. The maximum absolute atomic E-state index is 15.4. The van der Waals surface area contributed by atoms with Crippen LogP contribution in [0.3, 0.4) is 0 Å². The number of alkyl halides is 3. The highest BCUT2D eigenvalue weighted by atomic mass is 31.2. The molecule has 234 valence electrons. The highest BCUT2D eigenvalue weighted by molar-refractivity contribution is 7.52. The zero-order chi connectivity index (χ0) is 31.7. The molecule has 4 rings (SSSR count). The monoisotopic (exact) mass is 632 g/mol. The molecule has 0 saturated carbocycles. The quantitative estimate of drug-likeness (QED) is 0.161. The number of hydrogen-bond donors (Lipinski definition) is 3. The van der Waals surface area contributed by atoms with Crippen molar-refractivity contribution < 1.29 is 50.5 Å². The van der Waals surface area contributed by atoms with E-state index in [1.165, 1.54) is 19.1 Å². The molecule has 1 aromatic heterocycles.